The van der Waals surface area contributed by atoms with Gasteiger partial charge >= 0.3 is 11.9 Å². The van der Waals surface area contributed by atoms with E-state index in [2.05, 4.69) is 20.9 Å². The molecule has 1 unspecified atom stereocenters. The minimum atomic E-state index is -2.59. The Hall–Kier alpha value is -4.49. The van der Waals surface area contributed by atoms with Gasteiger partial charge in [0.05, 0.1) is 13.1 Å². The Kier molecular flexibility index (Phi) is 5.82. The number of carbonyl (C=O) groups excluding carboxylic acids is 3. The molecule has 1 spiro atoms. The molecule has 40 heavy (non-hydrogen) atoms. The molecule has 0 saturated carbocycles. The van der Waals surface area contributed by atoms with Crippen LogP contribution in [-0.2, 0) is 9.59 Å². The summed E-state index contributed by atoms with van der Waals surface area (Å²) in [5.74, 6) is -3.56. The lowest BCUT2D eigenvalue weighted by molar-refractivity contribution is -0.674. The van der Waals surface area contributed by atoms with Gasteiger partial charge in [0.1, 0.15) is 12.1 Å². The first-order chi connectivity index (χ1) is 19.0. The van der Waals surface area contributed by atoms with Crippen LogP contribution in [0.15, 0.2) is 48.5 Å². The second-order valence-corrected chi connectivity index (χ2v) is 10.7. The van der Waals surface area contributed by atoms with Crippen LogP contribution < -0.4 is 32.4 Å². The summed E-state index contributed by atoms with van der Waals surface area (Å²) in [5.41, 5.74) is 13.7. The van der Waals surface area contributed by atoms with Crippen LogP contribution in [0.4, 0.5) is 0 Å². The van der Waals surface area contributed by atoms with Gasteiger partial charge in [-0.05, 0) is 29.7 Å². The van der Waals surface area contributed by atoms with Crippen molar-refractivity contribution in [1.82, 2.24) is 20.9 Å². The normalized spacial score (nSPS) is 28.5. The van der Waals surface area contributed by atoms with Gasteiger partial charge < -0.3 is 15.5 Å². The molecule has 6 rings (SSSR count). The number of rotatable bonds is 5. The van der Waals surface area contributed by atoms with Gasteiger partial charge in [0, 0.05) is 18.4 Å². The second kappa shape index (κ2) is 9.03. The second-order valence-electron chi connectivity index (χ2n) is 10.7. The zero-order valence-electron chi connectivity index (χ0n) is 21.8. The van der Waals surface area contributed by atoms with Crippen molar-refractivity contribution in [2.45, 2.75) is 49.3 Å². The van der Waals surface area contributed by atoms with Crippen LogP contribution in [0.3, 0.4) is 0 Å². The fourth-order valence-corrected chi connectivity index (χ4v) is 6.47. The third-order valence-corrected chi connectivity index (χ3v) is 8.45. The zero-order chi connectivity index (χ0) is 28.4. The maximum absolute atomic E-state index is 13.5. The lowest BCUT2D eigenvalue weighted by atomic mass is 9.85. The highest BCUT2D eigenvalue weighted by Crippen LogP contribution is 2.38. The number of hydrogen-bond acceptors (Lipinski definition) is 9. The average Bonchev–Trinajstić information content (AvgIpc) is 3.52. The van der Waals surface area contributed by atoms with Crippen molar-refractivity contribution in [3.8, 4) is 11.1 Å². The summed E-state index contributed by atoms with van der Waals surface area (Å²) in [4.78, 5) is 42.3. The van der Waals surface area contributed by atoms with Gasteiger partial charge in [-0.3, -0.25) is 41.1 Å². The molecule has 4 atom stereocenters. The van der Waals surface area contributed by atoms with E-state index in [1.54, 1.807) is 12.1 Å². The third-order valence-electron chi connectivity index (χ3n) is 8.45. The van der Waals surface area contributed by atoms with Gasteiger partial charge in [0.25, 0.3) is 17.4 Å². The summed E-state index contributed by atoms with van der Waals surface area (Å²) in [6.07, 6.45) is 0.241. The SMILES string of the molecule is Cc1c(C(=O)NC2C[N+]3=C(N)N[C@@H](CN4C(=O)CCC4=O)[C@@H]4[NH+]=C(N)N[C@@]43C2(O)O)cccc1-c1ccccc1. The molecule has 2 aromatic rings. The van der Waals surface area contributed by atoms with Crippen LogP contribution in [-0.4, -0.2) is 92.0 Å². The number of nitrogens with one attached hydrogen (secondary N) is 4. The Morgan fingerprint density at radius 1 is 1.12 bits per heavy atom. The van der Waals surface area contributed by atoms with E-state index < -0.39 is 35.5 Å². The Balaban J connectivity index is 1.31. The Bertz CT molecular complexity index is 1470. The van der Waals surface area contributed by atoms with Crippen LogP contribution in [0.2, 0.25) is 0 Å². The highest BCUT2D eigenvalue weighted by Gasteiger charge is 2.78. The summed E-state index contributed by atoms with van der Waals surface area (Å²) >= 11 is 0. The molecule has 2 fully saturated rings. The molecule has 2 aromatic carbocycles. The molecule has 208 valence electrons. The largest absolute Gasteiger partial charge is 0.358 e. The van der Waals surface area contributed by atoms with Gasteiger partial charge in [-0.1, -0.05) is 42.5 Å². The van der Waals surface area contributed by atoms with Gasteiger partial charge in [-0.15, -0.1) is 0 Å². The van der Waals surface area contributed by atoms with E-state index in [0.717, 1.165) is 21.6 Å². The van der Waals surface area contributed by atoms with Crippen LogP contribution in [0, 0.1) is 6.92 Å². The lowest BCUT2D eigenvalue weighted by Gasteiger charge is -2.41. The number of carbonyl (C=O) groups is 3. The Morgan fingerprint density at radius 2 is 1.82 bits per heavy atom. The van der Waals surface area contributed by atoms with Crippen molar-refractivity contribution in [2.24, 2.45) is 11.5 Å². The molecule has 4 aliphatic rings. The molecule has 13 nitrogen and oxygen atoms in total. The summed E-state index contributed by atoms with van der Waals surface area (Å²) in [5, 5.41) is 32.2. The van der Waals surface area contributed by atoms with Crippen molar-refractivity contribution >= 4 is 29.6 Å². The lowest BCUT2D eigenvalue weighted by Crippen LogP contribution is -2.92. The van der Waals surface area contributed by atoms with Crippen molar-refractivity contribution in [2.75, 3.05) is 13.1 Å². The molecule has 0 bridgehead atoms. The Labute approximate surface area is 229 Å². The molecule has 0 aliphatic carbocycles. The Morgan fingerprint density at radius 3 is 2.52 bits per heavy atom. The summed E-state index contributed by atoms with van der Waals surface area (Å²) < 4.78 is 1.51. The molecule has 4 heterocycles. The van der Waals surface area contributed by atoms with Crippen molar-refractivity contribution in [3.05, 3.63) is 59.7 Å². The number of aliphatic hydroxyl groups is 2. The first-order valence-electron chi connectivity index (χ1n) is 13.1. The number of likely N-dealkylation sites (tertiary alicyclic amines) is 1. The van der Waals surface area contributed by atoms with Crippen LogP contribution in [0.25, 0.3) is 11.1 Å². The number of guanidine groups is 2. The molecular formula is C27H32N8O5+2. The zero-order valence-corrected chi connectivity index (χ0v) is 21.8. The number of benzene rings is 2. The maximum atomic E-state index is 13.5. The van der Waals surface area contributed by atoms with E-state index in [1.165, 1.54) is 4.58 Å². The van der Waals surface area contributed by atoms with Crippen LogP contribution in [0.5, 0.6) is 0 Å². The highest BCUT2D eigenvalue weighted by atomic mass is 16.5. The molecule has 4 aliphatic heterocycles. The van der Waals surface area contributed by atoms with E-state index >= 15 is 0 Å². The van der Waals surface area contributed by atoms with E-state index in [4.69, 9.17) is 11.5 Å². The molecule has 13 heteroatoms. The smallest absolute Gasteiger partial charge is 0.347 e. The van der Waals surface area contributed by atoms with E-state index in [0.29, 0.717) is 5.56 Å². The topological polar surface area (TPSA) is 200 Å². The quantitative estimate of drug-likeness (QED) is 0.104. The number of nitrogens with zero attached hydrogens (tertiary/aromatic N) is 2. The standard InChI is InChI=1S/C27H30N8O5/c1-14-16(15-6-3-2-4-7-15)8-5-9-17(14)23(38)31-19-13-35-25(29)30-18(12-34-20(36)10-11-21(34)37)22-26(35,27(19,39)40)33-24(28)32-22/h2-9,18-19,22,39-40H,10-13H2,1H3,(H6,28,29,30,31,32,33,38)/p+2/t18-,19?,22-,26-/m0/s1. The summed E-state index contributed by atoms with van der Waals surface area (Å²) in [6, 6.07) is 12.3. The molecule has 10 N–H and O–H groups in total. The van der Waals surface area contributed by atoms with E-state index in [9.17, 15) is 24.6 Å². The summed E-state index contributed by atoms with van der Waals surface area (Å²) in [6.45, 7) is 1.72. The average molecular weight is 549 g/mol. The predicted molar refractivity (Wildman–Crippen MR) is 142 cm³/mol. The maximum Gasteiger partial charge on any atom is 0.347 e. The van der Waals surface area contributed by atoms with Gasteiger partial charge in [-0.2, -0.15) is 0 Å². The number of nitrogens with two attached hydrogens (primary N) is 2. The predicted octanol–water partition coefficient (Wildman–Crippen LogP) is -4.03. The fourth-order valence-electron chi connectivity index (χ4n) is 6.47. The molecule has 0 radical (unpaired) electrons. The van der Waals surface area contributed by atoms with E-state index in [1.807, 2.05) is 43.3 Å². The van der Waals surface area contributed by atoms with Crippen molar-refractivity contribution in [1.29, 1.82) is 0 Å². The van der Waals surface area contributed by atoms with Gasteiger partial charge in [-0.25, -0.2) is 9.89 Å². The third kappa shape index (κ3) is 3.65. The van der Waals surface area contributed by atoms with Gasteiger partial charge in [0.2, 0.25) is 11.8 Å². The molecular weight excluding hydrogens is 516 g/mol. The first-order valence-corrected chi connectivity index (χ1v) is 13.1. The molecule has 0 aromatic heterocycles. The van der Waals surface area contributed by atoms with Crippen molar-refractivity contribution in [3.63, 3.8) is 0 Å². The number of amides is 3. The molecule has 2 saturated heterocycles. The minimum Gasteiger partial charge on any atom is -0.358 e. The number of hydrogen-bond donors (Lipinski definition) is 8. The molecule has 3 amide bonds. The minimum absolute atomic E-state index is 0.0564. The number of imide groups is 1. The van der Waals surface area contributed by atoms with Gasteiger partial charge in [0.15, 0.2) is 6.04 Å². The van der Waals surface area contributed by atoms with Crippen LogP contribution in [0.1, 0.15) is 28.8 Å². The van der Waals surface area contributed by atoms with Crippen molar-refractivity contribution < 1.29 is 34.2 Å². The highest BCUT2D eigenvalue weighted by molar-refractivity contribution is 6.02. The monoisotopic (exact) mass is 548 g/mol. The van der Waals surface area contributed by atoms with E-state index in [-0.39, 0.29) is 49.7 Å². The van der Waals surface area contributed by atoms with Crippen LogP contribution >= 0.6 is 0 Å². The summed E-state index contributed by atoms with van der Waals surface area (Å²) in [7, 11) is 0. The first kappa shape index (κ1) is 25.8. The fraction of sp³-hybridized carbons (Fsp3) is 0.370.